The van der Waals surface area contributed by atoms with Crippen LogP contribution in [0.25, 0.3) is 0 Å². The molecular formula is C13H19FO. The largest absolute Gasteiger partial charge is 0.392 e. The normalized spacial score (nSPS) is 14.0. The fraction of sp³-hybridized carbons (Fsp3) is 0.538. The average molecular weight is 210 g/mol. The maximum Gasteiger partial charge on any atom is 0.123 e. The first-order valence-electron chi connectivity index (χ1n) is 5.24. The monoisotopic (exact) mass is 210 g/mol. The molecule has 1 aromatic carbocycles. The number of aliphatic hydroxyl groups is 1. The molecule has 0 saturated carbocycles. The van der Waals surface area contributed by atoms with Crippen LogP contribution >= 0.6 is 0 Å². The summed E-state index contributed by atoms with van der Waals surface area (Å²) in [5.74, 6) is -0.239. The van der Waals surface area contributed by atoms with Gasteiger partial charge in [-0.1, -0.05) is 26.8 Å². The van der Waals surface area contributed by atoms with E-state index in [1.165, 1.54) is 12.1 Å². The number of hydrogen-bond acceptors (Lipinski definition) is 1. The second kappa shape index (κ2) is 4.31. The van der Waals surface area contributed by atoms with Crippen LogP contribution in [0.15, 0.2) is 18.2 Å². The third-order valence-electron chi connectivity index (χ3n) is 2.72. The van der Waals surface area contributed by atoms with E-state index in [1.54, 1.807) is 6.07 Å². The van der Waals surface area contributed by atoms with Gasteiger partial charge >= 0.3 is 0 Å². The van der Waals surface area contributed by atoms with Crippen LogP contribution in [0.1, 0.15) is 31.9 Å². The minimum atomic E-state index is -0.446. The highest BCUT2D eigenvalue weighted by atomic mass is 19.1. The lowest BCUT2D eigenvalue weighted by atomic mass is 9.84. The molecule has 0 aromatic heterocycles. The molecule has 0 saturated heterocycles. The zero-order valence-corrected chi connectivity index (χ0v) is 9.84. The molecule has 84 valence electrons. The Morgan fingerprint density at radius 1 is 1.33 bits per heavy atom. The van der Waals surface area contributed by atoms with Gasteiger partial charge in [-0.3, -0.25) is 0 Å². The summed E-state index contributed by atoms with van der Waals surface area (Å²) in [5.41, 5.74) is 1.75. The fourth-order valence-electron chi connectivity index (χ4n) is 1.37. The van der Waals surface area contributed by atoms with Crippen molar-refractivity contribution in [2.24, 2.45) is 5.41 Å². The van der Waals surface area contributed by atoms with Crippen molar-refractivity contribution < 1.29 is 9.50 Å². The molecule has 0 bridgehead atoms. The van der Waals surface area contributed by atoms with E-state index in [9.17, 15) is 9.50 Å². The molecule has 1 rings (SSSR count). The summed E-state index contributed by atoms with van der Waals surface area (Å²) in [4.78, 5) is 0. The molecule has 0 fully saturated rings. The van der Waals surface area contributed by atoms with Crippen molar-refractivity contribution in [3.8, 4) is 0 Å². The van der Waals surface area contributed by atoms with E-state index in [0.29, 0.717) is 6.42 Å². The van der Waals surface area contributed by atoms with E-state index >= 15 is 0 Å². The number of hydrogen-bond donors (Lipinski definition) is 1. The summed E-state index contributed by atoms with van der Waals surface area (Å²) in [6, 6.07) is 4.70. The quantitative estimate of drug-likeness (QED) is 0.795. The van der Waals surface area contributed by atoms with Gasteiger partial charge in [0.2, 0.25) is 0 Å². The highest BCUT2D eigenvalue weighted by Crippen LogP contribution is 2.23. The summed E-state index contributed by atoms with van der Waals surface area (Å²) >= 11 is 0. The van der Waals surface area contributed by atoms with Gasteiger partial charge in [-0.25, -0.2) is 4.39 Å². The molecule has 0 radical (unpaired) electrons. The zero-order chi connectivity index (χ0) is 11.6. The molecule has 0 heterocycles. The Balaban J connectivity index is 2.85. The molecule has 0 amide bonds. The van der Waals surface area contributed by atoms with Crippen LogP contribution in [0.5, 0.6) is 0 Å². The molecule has 0 aliphatic carbocycles. The standard InChI is InChI=1S/C13H19FO/c1-9-5-6-11(14)7-10(9)8-12(15)13(2,3)4/h5-7,12,15H,8H2,1-4H3. The van der Waals surface area contributed by atoms with E-state index in [2.05, 4.69) is 0 Å². The van der Waals surface area contributed by atoms with Crippen LogP contribution in [-0.4, -0.2) is 11.2 Å². The maximum absolute atomic E-state index is 13.0. The van der Waals surface area contributed by atoms with Crippen molar-refractivity contribution in [1.29, 1.82) is 0 Å². The average Bonchev–Trinajstić information content (AvgIpc) is 2.09. The first-order chi connectivity index (χ1) is 6.80. The Hall–Kier alpha value is -0.890. The second-order valence-corrected chi connectivity index (χ2v) is 5.16. The van der Waals surface area contributed by atoms with Crippen molar-refractivity contribution in [1.82, 2.24) is 0 Å². The topological polar surface area (TPSA) is 20.2 Å². The molecule has 0 aliphatic rings. The van der Waals surface area contributed by atoms with Crippen molar-refractivity contribution in [2.45, 2.75) is 40.2 Å². The smallest absolute Gasteiger partial charge is 0.123 e. The minimum Gasteiger partial charge on any atom is -0.392 e. The van der Waals surface area contributed by atoms with E-state index in [4.69, 9.17) is 0 Å². The molecule has 0 spiro atoms. The van der Waals surface area contributed by atoms with Crippen molar-refractivity contribution in [3.63, 3.8) is 0 Å². The Bertz CT molecular complexity index is 339. The highest BCUT2D eigenvalue weighted by molar-refractivity contribution is 5.27. The lowest BCUT2D eigenvalue weighted by Gasteiger charge is -2.26. The van der Waals surface area contributed by atoms with Crippen LogP contribution in [0.4, 0.5) is 4.39 Å². The van der Waals surface area contributed by atoms with Gasteiger partial charge in [-0.05, 0) is 42.0 Å². The first kappa shape index (κ1) is 12.2. The van der Waals surface area contributed by atoms with Crippen molar-refractivity contribution in [2.75, 3.05) is 0 Å². The van der Waals surface area contributed by atoms with Gasteiger partial charge in [0.1, 0.15) is 5.82 Å². The number of aryl methyl sites for hydroxylation is 1. The fourth-order valence-corrected chi connectivity index (χ4v) is 1.37. The Morgan fingerprint density at radius 2 is 1.93 bits per heavy atom. The van der Waals surface area contributed by atoms with E-state index in [1.807, 2.05) is 27.7 Å². The van der Waals surface area contributed by atoms with Gasteiger partial charge in [0, 0.05) is 0 Å². The summed E-state index contributed by atoms with van der Waals surface area (Å²) in [6.45, 7) is 7.87. The van der Waals surface area contributed by atoms with Crippen LogP contribution in [-0.2, 0) is 6.42 Å². The summed E-state index contributed by atoms with van der Waals surface area (Å²) in [6.07, 6.45) is 0.0607. The number of aliphatic hydroxyl groups excluding tert-OH is 1. The Morgan fingerprint density at radius 3 is 2.47 bits per heavy atom. The number of rotatable bonds is 2. The number of benzene rings is 1. The SMILES string of the molecule is Cc1ccc(F)cc1CC(O)C(C)(C)C. The zero-order valence-electron chi connectivity index (χ0n) is 9.84. The van der Waals surface area contributed by atoms with Crippen molar-refractivity contribution >= 4 is 0 Å². The van der Waals surface area contributed by atoms with Gasteiger partial charge in [0.15, 0.2) is 0 Å². The lowest BCUT2D eigenvalue weighted by Crippen LogP contribution is -2.28. The third-order valence-corrected chi connectivity index (χ3v) is 2.72. The van der Waals surface area contributed by atoms with Crippen LogP contribution in [0, 0.1) is 18.2 Å². The van der Waals surface area contributed by atoms with E-state index < -0.39 is 6.10 Å². The van der Waals surface area contributed by atoms with Gasteiger partial charge in [0.05, 0.1) is 6.10 Å². The third kappa shape index (κ3) is 3.31. The molecule has 1 aromatic rings. The van der Waals surface area contributed by atoms with E-state index in [0.717, 1.165) is 11.1 Å². The van der Waals surface area contributed by atoms with Gasteiger partial charge < -0.3 is 5.11 Å². The van der Waals surface area contributed by atoms with E-state index in [-0.39, 0.29) is 11.2 Å². The second-order valence-electron chi connectivity index (χ2n) is 5.16. The van der Waals surface area contributed by atoms with Gasteiger partial charge in [-0.15, -0.1) is 0 Å². The number of halogens is 1. The first-order valence-corrected chi connectivity index (χ1v) is 5.24. The van der Waals surface area contributed by atoms with Crippen LogP contribution in [0.3, 0.4) is 0 Å². The summed E-state index contributed by atoms with van der Waals surface area (Å²) in [7, 11) is 0. The Kier molecular flexibility index (Phi) is 3.50. The predicted molar refractivity (Wildman–Crippen MR) is 60.3 cm³/mol. The lowest BCUT2D eigenvalue weighted by molar-refractivity contribution is 0.0634. The van der Waals surface area contributed by atoms with Crippen molar-refractivity contribution in [3.05, 3.63) is 35.1 Å². The summed E-state index contributed by atoms with van der Waals surface area (Å²) in [5, 5.41) is 9.93. The molecule has 1 nitrogen and oxygen atoms in total. The molecular weight excluding hydrogens is 191 g/mol. The summed E-state index contributed by atoms with van der Waals surface area (Å²) < 4.78 is 13.0. The van der Waals surface area contributed by atoms with Gasteiger partial charge in [0.25, 0.3) is 0 Å². The maximum atomic E-state index is 13.0. The minimum absolute atomic E-state index is 0.168. The molecule has 0 aliphatic heterocycles. The Labute approximate surface area is 90.9 Å². The van der Waals surface area contributed by atoms with Crippen LogP contribution < -0.4 is 0 Å². The van der Waals surface area contributed by atoms with Crippen LogP contribution in [0.2, 0.25) is 0 Å². The predicted octanol–water partition coefficient (Wildman–Crippen LogP) is 3.08. The molecule has 2 heteroatoms. The molecule has 1 N–H and O–H groups in total. The van der Waals surface area contributed by atoms with Gasteiger partial charge in [-0.2, -0.15) is 0 Å². The highest BCUT2D eigenvalue weighted by Gasteiger charge is 2.22. The molecule has 1 atom stereocenters. The molecule has 1 unspecified atom stereocenters. The molecule has 15 heavy (non-hydrogen) atoms.